The van der Waals surface area contributed by atoms with E-state index >= 15 is 0 Å². The van der Waals surface area contributed by atoms with Gasteiger partial charge in [-0.1, -0.05) is 37.3 Å². The van der Waals surface area contributed by atoms with Crippen LogP contribution in [0, 0.1) is 0 Å². The Balaban J connectivity index is 1.99. The molecule has 1 atom stereocenters. The van der Waals surface area contributed by atoms with Gasteiger partial charge in [0.25, 0.3) is 0 Å². The molecular weight excluding hydrogens is 194 g/mol. The van der Waals surface area contributed by atoms with Gasteiger partial charge in [-0.3, -0.25) is 0 Å². The second-order valence-electron chi connectivity index (χ2n) is 4.57. The van der Waals surface area contributed by atoms with E-state index in [0.29, 0.717) is 5.92 Å². The number of nitrogens with zero attached hydrogens (tertiary/aromatic N) is 1. The summed E-state index contributed by atoms with van der Waals surface area (Å²) >= 11 is 0. The Morgan fingerprint density at radius 2 is 2.06 bits per heavy atom. The van der Waals surface area contributed by atoms with Crippen molar-refractivity contribution in [3.63, 3.8) is 0 Å². The minimum absolute atomic E-state index is 0.612. The first-order valence-electron chi connectivity index (χ1n) is 6.12. The average Bonchev–Trinajstić information content (AvgIpc) is 2.88. The summed E-state index contributed by atoms with van der Waals surface area (Å²) in [5.41, 5.74) is 4.43. The number of hydrogen-bond acceptors (Lipinski definition) is 0. The van der Waals surface area contributed by atoms with Gasteiger partial charge < -0.3 is 4.57 Å². The molecule has 0 aliphatic carbocycles. The van der Waals surface area contributed by atoms with Gasteiger partial charge in [-0.2, -0.15) is 0 Å². The highest BCUT2D eigenvalue weighted by molar-refractivity contribution is 5.34. The molecule has 82 valence electrons. The second kappa shape index (κ2) is 3.82. The van der Waals surface area contributed by atoms with Crippen molar-refractivity contribution in [2.45, 2.75) is 32.2 Å². The molecule has 0 saturated carbocycles. The van der Waals surface area contributed by atoms with Crippen LogP contribution in [0.25, 0.3) is 0 Å². The summed E-state index contributed by atoms with van der Waals surface area (Å²) in [4.78, 5) is 0. The molecule has 1 nitrogen and oxygen atoms in total. The lowest BCUT2D eigenvalue weighted by molar-refractivity contribution is 0.718. The Morgan fingerprint density at radius 1 is 1.25 bits per heavy atom. The van der Waals surface area contributed by atoms with Crippen LogP contribution in [0.2, 0.25) is 0 Å². The van der Waals surface area contributed by atoms with Crippen LogP contribution in [0.15, 0.2) is 42.6 Å². The zero-order valence-electron chi connectivity index (χ0n) is 9.69. The molecule has 1 aromatic heterocycles. The normalized spacial score (nSPS) is 18.7. The summed E-state index contributed by atoms with van der Waals surface area (Å²) in [6.45, 7) is 3.40. The van der Waals surface area contributed by atoms with Gasteiger partial charge in [-0.05, 0) is 30.0 Å². The van der Waals surface area contributed by atoms with Crippen LogP contribution in [0.1, 0.15) is 36.1 Å². The lowest BCUT2D eigenvalue weighted by Crippen LogP contribution is -1.95. The number of hydrogen-bond donors (Lipinski definition) is 0. The highest BCUT2D eigenvalue weighted by atomic mass is 15.0. The molecule has 3 rings (SSSR count). The summed E-state index contributed by atoms with van der Waals surface area (Å²) in [5.74, 6) is 0.612. The molecule has 2 aromatic rings. The Labute approximate surface area is 96.7 Å². The molecule has 1 unspecified atom stereocenters. The van der Waals surface area contributed by atoms with Crippen LogP contribution < -0.4 is 0 Å². The zero-order valence-corrected chi connectivity index (χ0v) is 9.69. The van der Waals surface area contributed by atoms with E-state index in [1.807, 2.05) is 0 Å². The maximum absolute atomic E-state index is 2.43. The molecular formula is C15H17N. The number of rotatable bonds is 2. The Bertz CT molecular complexity index is 481. The predicted molar refractivity (Wildman–Crippen MR) is 66.7 cm³/mol. The number of aryl methyl sites for hydroxylation is 2. The van der Waals surface area contributed by atoms with E-state index in [1.54, 1.807) is 0 Å². The van der Waals surface area contributed by atoms with Gasteiger partial charge in [0.2, 0.25) is 0 Å². The predicted octanol–water partition coefficient (Wildman–Crippen LogP) is 3.59. The molecule has 0 N–H and O–H groups in total. The minimum atomic E-state index is 0.612. The van der Waals surface area contributed by atoms with Crippen LogP contribution in [0.3, 0.4) is 0 Å². The van der Waals surface area contributed by atoms with E-state index < -0.39 is 0 Å². The monoisotopic (exact) mass is 211 g/mol. The molecule has 1 heteroatoms. The molecule has 0 saturated heterocycles. The first kappa shape index (κ1) is 9.71. The van der Waals surface area contributed by atoms with Crippen molar-refractivity contribution in [1.82, 2.24) is 4.57 Å². The van der Waals surface area contributed by atoms with Gasteiger partial charge >= 0.3 is 0 Å². The molecule has 0 bridgehead atoms. The molecule has 0 amide bonds. The van der Waals surface area contributed by atoms with Crippen molar-refractivity contribution >= 4 is 0 Å². The van der Waals surface area contributed by atoms with Gasteiger partial charge in [0.1, 0.15) is 0 Å². The first-order valence-corrected chi connectivity index (χ1v) is 6.12. The smallest absolute Gasteiger partial charge is 0.0260 e. The first-order chi connectivity index (χ1) is 7.88. The molecule has 0 fully saturated rings. The molecule has 0 radical (unpaired) electrons. The quantitative estimate of drug-likeness (QED) is 0.715. The lowest BCUT2D eigenvalue weighted by atomic mass is 9.94. The lowest BCUT2D eigenvalue weighted by Gasteiger charge is -2.09. The van der Waals surface area contributed by atoms with Crippen molar-refractivity contribution in [2.75, 3.05) is 0 Å². The SMILES string of the molecule is CCc1cc2n(c1)CCC2c1ccccc1. The molecule has 16 heavy (non-hydrogen) atoms. The Hall–Kier alpha value is -1.50. The Morgan fingerprint density at radius 3 is 2.81 bits per heavy atom. The second-order valence-corrected chi connectivity index (χ2v) is 4.57. The molecule has 2 heterocycles. The maximum Gasteiger partial charge on any atom is 0.0260 e. The van der Waals surface area contributed by atoms with Crippen LogP contribution in [0.4, 0.5) is 0 Å². The van der Waals surface area contributed by atoms with E-state index in [-0.39, 0.29) is 0 Å². The van der Waals surface area contributed by atoms with Gasteiger partial charge in [0.15, 0.2) is 0 Å². The van der Waals surface area contributed by atoms with E-state index in [1.165, 1.54) is 29.8 Å². The summed E-state index contributed by atoms with van der Waals surface area (Å²) < 4.78 is 2.43. The van der Waals surface area contributed by atoms with Gasteiger partial charge in [-0.15, -0.1) is 0 Å². The topological polar surface area (TPSA) is 4.93 Å². The van der Waals surface area contributed by atoms with E-state index in [9.17, 15) is 0 Å². The van der Waals surface area contributed by atoms with Crippen molar-refractivity contribution in [1.29, 1.82) is 0 Å². The van der Waals surface area contributed by atoms with Crippen LogP contribution in [-0.4, -0.2) is 4.57 Å². The van der Waals surface area contributed by atoms with Crippen molar-refractivity contribution < 1.29 is 0 Å². The van der Waals surface area contributed by atoms with Gasteiger partial charge in [0.05, 0.1) is 0 Å². The fourth-order valence-corrected chi connectivity index (χ4v) is 2.71. The van der Waals surface area contributed by atoms with Crippen LogP contribution >= 0.6 is 0 Å². The molecule has 1 aromatic carbocycles. The van der Waals surface area contributed by atoms with Crippen LogP contribution in [0.5, 0.6) is 0 Å². The van der Waals surface area contributed by atoms with Gasteiger partial charge in [0, 0.05) is 24.4 Å². The molecule has 0 spiro atoms. The third-order valence-corrected chi connectivity index (χ3v) is 3.61. The number of benzene rings is 1. The standard InChI is InChI=1S/C15H17N/c1-2-12-10-15-14(8-9-16(15)11-12)13-6-4-3-5-7-13/h3-7,10-11,14H,2,8-9H2,1H3. The maximum atomic E-state index is 2.43. The average molecular weight is 211 g/mol. The molecule has 1 aliphatic heterocycles. The fraction of sp³-hybridized carbons (Fsp3) is 0.333. The minimum Gasteiger partial charge on any atom is -0.350 e. The third kappa shape index (κ3) is 1.47. The zero-order chi connectivity index (χ0) is 11.0. The highest BCUT2D eigenvalue weighted by Crippen LogP contribution is 2.35. The van der Waals surface area contributed by atoms with Crippen molar-refractivity contribution in [2.24, 2.45) is 0 Å². The van der Waals surface area contributed by atoms with E-state index in [4.69, 9.17) is 0 Å². The third-order valence-electron chi connectivity index (χ3n) is 3.61. The van der Waals surface area contributed by atoms with Crippen molar-refractivity contribution in [3.05, 3.63) is 59.4 Å². The fourth-order valence-electron chi connectivity index (χ4n) is 2.71. The summed E-state index contributed by atoms with van der Waals surface area (Å²) in [5, 5.41) is 0. The largest absolute Gasteiger partial charge is 0.350 e. The highest BCUT2D eigenvalue weighted by Gasteiger charge is 2.24. The van der Waals surface area contributed by atoms with E-state index in [0.717, 1.165) is 6.42 Å². The van der Waals surface area contributed by atoms with Gasteiger partial charge in [-0.25, -0.2) is 0 Å². The summed E-state index contributed by atoms with van der Waals surface area (Å²) in [7, 11) is 0. The number of fused-ring (bicyclic) bond motifs is 1. The molecule has 1 aliphatic rings. The van der Waals surface area contributed by atoms with Crippen LogP contribution in [-0.2, 0) is 13.0 Å². The number of aromatic nitrogens is 1. The van der Waals surface area contributed by atoms with Crippen molar-refractivity contribution in [3.8, 4) is 0 Å². The van der Waals surface area contributed by atoms with E-state index in [2.05, 4.69) is 54.1 Å². The summed E-state index contributed by atoms with van der Waals surface area (Å²) in [6.07, 6.45) is 4.71. The Kier molecular flexibility index (Phi) is 2.32. The summed E-state index contributed by atoms with van der Waals surface area (Å²) in [6, 6.07) is 13.3.